The number of para-hydroxylation sites is 1. The summed E-state index contributed by atoms with van der Waals surface area (Å²) < 4.78 is 13.2. The molecule has 0 radical (unpaired) electrons. The Balaban J connectivity index is 1.76. The molecule has 0 saturated carbocycles. The minimum absolute atomic E-state index is 0.0109. The molecule has 1 heterocycles. The monoisotopic (exact) mass is 363 g/mol. The summed E-state index contributed by atoms with van der Waals surface area (Å²) in [7, 11) is -1.34. The molecule has 0 bridgehead atoms. The number of carbonyl (C=O) groups excluding carboxylic acids is 1. The Morgan fingerprint density at radius 1 is 1.14 bits per heavy atom. The van der Waals surface area contributed by atoms with E-state index in [1.807, 2.05) is 42.5 Å². The number of fused-ring (bicyclic) bond motifs is 1. The Kier molecular flexibility index (Phi) is 4.22. The number of anilines is 1. The van der Waals surface area contributed by atoms with Crippen LogP contribution in [-0.4, -0.2) is 22.4 Å². The smallest absolute Gasteiger partial charge is 0.239 e. The zero-order valence-corrected chi connectivity index (χ0v) is 13.7. The van der Waals surface area contributed by atoms with Gasteiger partial charge in [-0.05, 0) is 46.1 Å². The van der Waals surface area contributed by atoms with Crippen LogP contribution in [0, 0.1) is 0 Å². The molecule has 0 unspecified atom stereocenters. The van der Waals surface area contributed by atoms with Crippen LogP contribution in [0.25, 0.3) is 0 Å². The van der Waals surface area contributed by atoms with Crippen molar-refractivity contribution in [3.05, 3.63) is 58.6 Å². The van der Waals surface area contributed by atoms with E-state index in [9.17, 15) is 9.00 Å². The average molecular weight is 364 g/mol. The van der Waals surface area contributed by atoms with E-state index >= 15 is 0 Å². The number of hydrogen-bond donors (Lipinski definition) is 0. The summed E-state index contributed by atoms with van der Waals surface area (Å²) in [6.45, 7) is 0.672. The van der Waals surface area contributed by atoms with Gasteiger partial charge in [0.25, 0.3) is 0 Å². The molecule has 0 aromatic heterocycles. The fraction of sp³-hybridized carbons (Fsp3) is 0.188. The second kappa shape index (κ2) is 6.12. The lowest BCUT2D eigenvalue weighted by Gasteiger charge is -2.17. The van der Waals surface area contributed by atoms with Crippen molar-refractivity contribution in [2.24, 2.45) is 0 Å². The van der Waals surface area contributed by atoms with Gasteiger partial charge in [-0.2, -0.15) is 0 Å². The third-order valence-corrected chi connectivity index (χ3v) is 5.83. The minimum Gasteiger partial charge on any atom is -0.311 e. The van der Waals surface area contributed by atoms with E-state index in [2.05, 4.69) is 15.9 Å². The zero-order chi connectivity index (χ0) is 14.8. The predicted molar refractivity (Wildman–Crippen MR) is 87.9 cm³/mol. The Hall–Kier alpha value is -1.46. The van der Waals surface area contributed by atoms with Crippen LogP contribution in [0.4, 0.5) is 5.69 Å². The second-order valence-corrected chi connectivity index (χ2v) is 7.12. The molecular formula is C16H14BrNO2S. The topological polar surface area (TPSA) is 37.4 Å². The molecule has 5 heteroatoms. The molecule has 0 fully saturated rings. The van der Waals surface area contributed by atoms with Gasteiger partial charge >= 0.3 is 0 Å². The largest absolute Gasteiger partial charge is 0.311 e. The molecule has 2 aromatic rings. The van der Waals surface area contributed by atoms with Crippen molar-refractivity contribution in [1.82, 2.24) is 0 Å². The first-order valence-electron chi connectivity index (χ1n) is 6.68. The molecule has 0 spiro atoms. The van der Waals surface area contributed by atoms with Gasteiger partial charge in [0.15, 0.2) is 0 Å². The maximum atomic E-state index is 12.4. The Morgan fingerprint density at radius 3 is 2.67 bits per heavy atom. The van der Waals surface area contributed by atoms with Gasteiger partial charge in [0, 0.05) is 16.7 Å². The highest BCUT2D eigenvalue weighted by atomic mass is 79.9. The fourth-order valence-corrected chi connectivity index (χ4v) is 4.37. The first kappa shape index (κ1) is 14.5. The maximum absolute atomic E-state index is 12.4. The molecule has 0 saturated heterocycles. The molecule has 0 N–H and O–H groups in total. The molecule has 1 aliphatic rings. The second-order valence-electron chi connectivity index (χ2n) is 4.84. The lowest BCUT2D eigenvalue weighted by Crippen LogP contribution is -2.32. The van der Waals surface area contributed by atoms with Crippen LogP contribution >= 0.6 is 15.9 Å². The summed E-state index contributed by atoms with van der Waals surface area (Å²) in [6.07, 6.45) is 0.865. The van der Waals surface area contributed by atoms with Gasteiger partial charge in [-0.25, -0.2) is 0 Å². The van der Waals surface area contributed by atoms with Crippen LogP contribution < -0.4 is 4.90 Å². The van der Waals surface area contributed by atoms with Crippen molar-refractivity contribution < 1.29 is 9.00 Å². The molecule has 3 nitrogen and oxygen atoms in total. The van der Waals surface area contributed by atoms with E-state index < -0.39 is 10.8 Å². The number of hydrogen-bond acceptors (Lipinski definition) is 2. The Morgan fingerprint density at radius 2 is 1.86 bits per heavy atom. The highest BCUT2D eigenvalue weighted by Gasteiger charge is 2.25. The van der Waals surface area contributed by atoms with Crippen LogP contribution in [0.3, 0.4) is 0 Å². The third-order valence-electron chi connectivity index (χ3n) is 3.52. The summed E-state index contributed by atoms with van der Waals surface area (Å²) >= 11 is 3.38. The molecule has 2 aromatic carbocycles. The summed E-state index contributed by atoms with van der Waals surface area (Å²) in [5.41, 5.74) is 2.13. The molecule has 1 amide bonds. The van der Waals surface area contributed by atoms with Gasteiger partial charge in [-0.1, -0.05) is 30.3 Å². The van der Waals surface area contributed by atoms with Crippen LogP contribution in [0.1, 0.15) is 5.56 Å². The van der Waals surface area contributed by atoms with E-state index in [0.29, 0.717) is 11.4 Å². The number of nitrogens with zero attached hydrogens (tertiary/aromatic N) is 1. The van der Waals surface area contributed by atoms with Crippen LogP contribution in [0.15, 0.2) is 57.9 Å². The normalized spacial score (nSPS) is 14.8. The lowest BCUT2D eigenvalue weighted by molar-refractivity contribution is -0.116. The van der Waals surface area contributed by atoms with Gasteiger partial charge in [0.05, 0.1) is 15.7 Å². The van der Waals surface area contributed by atoms with E-state index in [1.54, 1.807) is 11.0 Å². The Bertz CT molecular complexity index is 717. The van der Waals surface area contributed by atoms with Crippen LogP contribution in [0.2, 0.25) is 0 Å². The third kappa shape index (κ3) is 2.94. The predicted octanol–water partition coefficient (Wildman–Crippen LogP) is 3.15. The van der Waals surface area contributed by atoms with Crippen molar-refractivity contribution in [2.45, 2.75) is 11.3 Å². The van der Waals surface area contributed by atoms with Crippen molar-refractivity contribution >= 4 is 38.3 Å². The van der Waals surface area contributed by atoms with Gasteiger partial charge in [0.2, 0.25) is 5.91 Å². The van der Waals surface area contributed by atoms with E-state index in [1.165, 1.54) is 5.56 Å². The molecule has 21 heavy (non-hydrogen) atoms. The first-order chi connectivity index (χ1) is 10.2. The van der Waals surface area contributed by atoms with Gasteiger partial charge in [-0.15, -0.1) is 0 Å². The maximum Gasteiger partial charge on any atom is 0.239 e. The molecule has 1 atom stereocenters. The number of amides is 1. The van der Waals surface area contributed by atoms with Crippen LogP contribution in [0.5, 0.6) is 0 Å². The number of carbonyl (C=O) groups is 1. The zero-order valence-electron chi connectivity index (χ0n) is 11.3. The number of benzene rings is 2. The fourth-order valence-electron chi connectivity index (χ4n) is 2.49. The van der Waals surface area contributed by atoms with Crippen molar-refractivity contribution in [3.8, 4) is 0 Å². The SMILES string of the molecule is O=C(C[S@@](=O)c1ccccc1Br)N1CCc2ccccc21. The lowest BCUT2D eigenvalue weighted by atomic mass is 10.2. The number of halogens is 1. The van der Waals surface area contributed by atoms with Gasteiger partial charge < -0.3 is 4.90 Å². The average Bonchev–Trinajstić information content (AvgIpc) is 2.91. The standard InChI is InChI=1S/C16H14BrNO2S/c17-13-6-2-4-8-15(13)21(20)11-16(19)18-10-9-12-5-1-3-7-14(12)18/h1-8H,9-11H2/t21-/m1/s1. The highest BCUT2D eigenvalue weighted by molar-refractivity contribution is 9.10. The molecule has 1 aliphatic heterocycles. The van der Waals surface area contributed by atoms with Gasteiger partial charge in [0.1, 0.15) is 5.75 Å². The van der Waals surface area contributed by atoms with E-state index in [0.717, 1.165) is 16.6 Å². The summed E-state index contributed by atoms with van der Waals surface area (Å²) in [5.74, 6) is -0.0780. The van der Waals surface area contributed by atoms with E-state index in [-0.39, 0.29) is 11.7 Å². The molecular weight excluding hydrogens is 350 g/mol. The first-order valence-corrected chi connectivity index (χ1v) is 8.79. The summed E-state index contributed by atoms with van der Waals surface area (Å²) in [5, 5.41) is 0. The molecule has 0 aliphatic carbocycles. The van der Waals surface area contributed by atoms with Crippen molar-refractivity contribution in [2.75, 3.05) is 17.2 Å². The van der Waals surface area contributed by atoms with Crippen LogP contribution in [-0.2, 0) is 22.0 Å². The molecule has 108 valence electrons. The molecule has 3 rings (SSSR count). The quantitative estimate of drug-likeness (QED) is 0.839. The Labute approximate surface area is 134 Å². The minimum atomic E-state index is -1.34. The van der Waals surface area contributed by atoms with Crippen molar-refractivity contribution in [3.63, 3.8) is 0 Å². The van der Waals surface area contributed by atoms with E-state index in [4.69, 9.17) is 0 Å². The van der Waals surface area contributed by atoms with Gasteiger partial charge in [-0.3, -0.25) is 9.00 Å². The summed E-state index contributed by atoms with van der Waals surface area (Å²) in [6, 6.07) is 15.2. The highest BCUT2D eigenvalue weighted by Crippen LogP contribution is 2.28. The van der Waals surface area contributed by atoms with Crippen molar-refractivity contribution in [1.29, 1.82) is 0 Å². The summed E-state index contributed by atoms with van der Waals surface area (Å²) in [4.78, 5) is 14.8. The number of rotatable bonds is 3.